The number of rotatable bonds is 6. The molecule has 80 valence electrons. The molecule has 0 saturated heterocycles. The van der Waals surface area contributed by atoms with Crippen molar-refractivity contribution >= 4 is 0 Å². The zero-order valence-corrected chi connectivity index (χ0v) is 9.55. The predicted octanol–water partition coefficient (Wildman–Crippen LogP) is 4.30. The molecule has 1 heteroatoms. The van der Waals surface area contributed by atoms with Gasteiger partial charge in [-0.15, -0.1) is 0 Å². The zero-order chi connectivity index (χ0) is 11.8. The Morgan fingerprint density at radius 2 is 1.20 bits per heavy atom. The maximum atomic E-state index is 5.36. The molecule has 0 unspecified atom stereocenters. The second-order valence-electron chi connectivity index (χ2n) is 3.22. The molecule has 0 aromatic heterocycles. The Balaban J connectivity index is 4.38. The number of hydrogen-bond donors (Lipinski definition) is 0. The molecule has 0 aliphatic carbocycles. The van der Waals surface area contributed by atoms with Crippen LogP contribution in [0.5, 0.6) is 0 Å². The summed E-state index contributed by atoms with van der Waals surface area (Å²) in [6.45, 7) is 18.6. The first-order chi connectivity index (χ1) is 6.99. The van der Waals surface area contributed by atoms with E-state index in [-0.39, 0.29) is 0 Å². The monoisotopic (exact) mass is 202 g/mol. The molecule has 0 rings (SSSR count). The first-order valence-corrected chi connectivity index (χ1v) is 4.66. The van der Waals surface area contributed by atoms with Crippen LogP contribution in [0.3, 0.4) is 0 Å². The summed E-state index contributed by atoms with van der Waals surface area (Å²) in [4.78, 5) is 0. The second-order valence-corrected chi connectivity index (χ2v) is 3.22. The van der Waals surface area contributed by atoms with Crippen LogP contribution in [0, 0.1) is 0 Å². The minimum absolute atomic E-state index is 0.547. The Labute approximate surface area is 92.5 Å². The Kier molecular flexibility index (Phi) is 5.88. The van der Waals surface area contributed by atoms with Crippen molar-refractivity contribution in [3.8, 4) is 0 Å². The third-order valence-electron chi connectivity index (χ3n) is 1.68. The van der Waals surface area contributed by atoms with Gasteiger partial charge in [-0.1, -0.05) is 38.5 Å². The molecule has 0 aromatic rings. The van der Waals surface area contributed by atoms with E-state index in [0.29, 0.717) is 11.5 Å². The van der Waals surface area contributed by atoms with E-state index >= 15 is 0 Å². The SMILES string of the molecule is C=C/C(C)=C\C(=C)OC(=C)/C=C(/C)C=C. The van der Waals surface area contributed by atoms with Gasteiger partial charge >= 0.3 is 0 Å². The normalized spacial score (nSPS) is 11.9. The Hall–Kier alpha value is -1.76. The van der Waals surface area contributed by atoms with Crippen LogP contribution in [-0.4, -0.2) is 0 Å². The van der Waals surface area contributed by atoms with Gasteiger partial charge in [0.25, 0.3) is 0 Å². The lowest BCUT2D eigenvalue weighted by Gasteiger charge is -2.05. The van der Waals surface area contributed by atoms with Crippen LogP contribution in [-0.2, 0) is 4.74 Å². The van der Waals surface area contributed by atoms with Crippen molar-refractivity contribution in [2.24, 2.45) is 0 Å². The van der Waals surface area contributed by atoms with Gasteiger partial charge in [-0.25, -0.2) is 0 Å². The maximum Gasteiger partial charge on any atom is 0.120 e. The molecule has 0 radical (unpaired) electrons. The van der Waals surface area contributed by atoms with E-state index in [2.05, 4.69) is 26.3 Å². The minimum Gasteiger partial charge on any atom is -0.459 e. The zero-order valence-electron chi connectivity index (χ0n) is 9.55. The van der Waals surface area contributed by atoms with Crippen LogP contribution < -0.4 is 0 Å². The van der Waals surface area contributed by atoms with E-state index in [0.717, 1.165) is 11.1 Å². The summed E-state index contributed by atoms with van der Waals surface area (Å²) < 4.78 is 5.36. The number of ether oxygens (including phenoxy) is 1. The molecule has 0 atom stereocenters. The third kappa shape index (κ3) is 6.33. The lowest BCUT2D eigenvalue weighted by atomic mass is 10.2. The lowest BCUT2D eigenvalue weighted by Crippen LogP contribution is -1.87. The van der Waals surface area contributed by atoms with Crippen LogP contribution in [0.1, 0.15) is 13.8 Å². The fourth-order valence-electron chi connectivity index (χ4n) is 0.853. The molecular formula is C14H18O. The Bertz CT molecular complexity index is 306. The van der Waals surface area contributed by atoms with E-state index < -0.39 is 0 Å². The van der Waals surface area contributed by atoms with Gasteiger partial charge in [-0.2, -0.15) is 0 Å². The summed E-state index contributed by atoms with van der Waals surface area (Å²) >= 11 is 0. The number of allylic oxidation sites excluding steroid dienone is 6. The van der Waals surface area contributed by atoms with E-state index in [4.69, 9.17) is 4.74 Å². The fourth-order valence-corrected chi connectivity index (χ4v) is 0.853. The van der Waals surface area contributed by atoms with E-state index in [1.54, 1.807) is 24.3 Å². The van der Waals surface area contributed by atoms with Gasteiger partial charge < -0.3 is 4.74 Å². The van der Waals surface area contributed by atoms with Gasteiger partial charge in [-0.05, 0) is 37.1 Å². The molecule has 0 saturated carbocycles. The Morgan fingerprint density at radius 1 is 0.867 bits per heavy atom. The highest BCUT2D eigenvalue weighted by atomic mass is 16.5. The molecule has 0 N–H and O–H groups in total. The summed E-state index contributed by atoms with van der Waals surface area (Å²) in [7, 11) is 0. The average Bonchev–Trinajstić information content (AvgIpc) is 2.16. The van der Waals surface area contributed by atoms with E-state index in [9.17, 15) is 0 Å². The van der Waals surface area contributed by atoms with Gasteiger partial charge in [0, 0.05) is 0 Å². The summed E-state index contributed by atoms with van der Waals surface area (Å²) in [5.41, 5.74) is 1.99. The molecule has 1 nitrogen and oxygen atoms in total. The van der Waals surface area contributed by atoms with Gasteiger partial charge in [0.1, 0.15) is 11.5 Å². The molecule has 0 heterocycles. The smallest absolute Gasteiger partial charge is 0.120 e. The molecule has 0 aromatic carbocycles. The van der Waals surface area contributed by atoms with E-state index in [1.807, 2.05) is 13.8 Å². The van der Waals surface area contributed by atoms with Crippen LogP contribution in [0.25, 0.3) is 0 Å². The van der Waals surface area contributed by atoms with Gasteiger partial charge in [0.2, 0.25) is 0 Å². The summed E-state index contributed by atoms with van der Waals surface area (Å²) in [5, 5.41) is 0. The van der Waals surface area contributed by atoms with Gasteiger partial charge in [0.05, 0.1) is 0 Å². The molecule has 0 bridgehead atoms. The van der Waals surface area contributed by atoms with Crippen molar-refractivity contribution in [3.63, 3.8) is 0 Å². The molecule has 0 aliphatic rings. The number of hydrogen-bond acceptors (Lipinski definition) is 1. The molecule has 0 aliphatic heterocycles. The highest BCUT2D eigenvalue weighted by molar-refractivity contribution is 5.27. The highest BCUT2D eigenvalue weighted by Crippen LogP contribution is 2.10. The first-order valence-electron chi connectivity index (χ1n) is 4.66. The van der Waals surface area contributed by atoms with Crippen molar-refractivity contribution in [2.45, 2.75) is 13.8 Å². The van der Waals surface area contributed by atoms with Crippen LogP contribution in [0.4, 0.5) is 0 Å². The Morgan fingerprint density at radius 3 is 1.47 bits per heavy atom. The summed E-state index contributed by atoms with van der Waals surface area (Å²) in [6, 6.07) is 0. The summed E-state index contributed by atoms with van der Waals surface area (Å²) in [5.74, 6) is 1.09. The van der Waals surface area contributed by atoms with Gasteiger partial charge in [-0.3, -0.25) is 0 Å². The molecular weight excluding hydrogens is 184 g/mol. The second kappa shape index (κ2) is 6.66. The van der Waals surface area contributed by atoms with Crippen molar-refractivity contribution in [1.29, 1.82) is 0 Å². The van der Waals surface area contributed by atoms with Crippen molar-refractivity contribution in [2.75, 3.05) is 0 Å². The van der Waals surface area contributed by atoms with E-state index in [1.165, 1.54) is 0 Å². The molecule has 0 fully saturated rings. The van der Waals surface area contributed by atoms with Crippen molar-refractivity contribution in [1.82, 2.24) is 0 Å². The van der Waals surface area contributed by atoms with Crippen LogP contribution >= 0.6 is 0 Å². The lowest BCUT2D eigenvalue weighted by molar-refractivity contribution is 0.339. The molecule has 15 heavy (non-hydrogen) atoms. The highest BCUT2D eigenvalue weighted by Gasteiger charge is 1.94. The predicted molar refractivity (Wildman–Crippen MR) is 67.3 cm³/mol. The first kappa shape index (κ1) is 13.2. The average molecular weight is 202 g/mol. The van der Waals surface area contributed by atoms with Crippen LogP contribution in [0.15, 0.2) is 73.3 Å². The fraction of sp³-hybridized carbons (Fsp3) is 0.143. The largest absolute Gasteiger partial charge is 0.459 e. The molecule has 0 spiro atoms. The molecule has 0 amide bonds. The van der Waals surface area contributed by atoms with Crippen LogP contribution in [0.2, 0.25) is 0 Å². The topological polar surface area (TPSA) is 9.23 Å². The quantitative estimate of drug-likeness (QED) is 0.461. The third-order valence-corrected chi connectivity index (χ3v) is 1.68. The van der Waals surface area contributed by atoms with Crippen molar-refractivity contribution < 1.29 is 4.74 Å². The van der Waals surface area contributed by atoms with Crippen molar-refractivity contribution in [3.05, 3.63) is 73.3 Å². The maximum absolute atomic E-state index is 5.36. The standard InChI is InChI=1S/C14H18O/c1-7-11(3)9-13(5)15-14(6)10-12(4)8-2/h7-10H,1-2,5-6H2,3-4H3/b11-9-,12-10-. The van der Waals surface area contributed by atoms with Gasteiger partial charge in [0.15, 0.2) is 0 Å². The summed E-state index contributed by atoms with van der Waals surface area (Å²) in [6.07, 6.45) is 7.08. The minimum atomic E-state index is 0.547.